The van der Waals surface area contributed by atoms with Crippen LogP contribution in [-0.2, 0) is 0 Å². The maximum absolute atomic E-state index is 12.4. The molecule has 0 saturated heterocycles. The molecule has 0 radical (unpaired) electrons. The predicted molar refractivity (Wildman–Crippen MR) is 79.4 cm³/mol. The number of hydrogen-bond donors (Lipinski definition) is 0. The van der Waals surface area contributed by atoms with Crippen LogP contribution in [0.15, 0.2) is 36.4 Å². The van der Waals surface area contributed by atoms with E-state index in [4.69, 9.17) is 32.7 Å². The highest BCUT2D eigenvalue weighted by Crippen LogP contribution is 2.29. The smallest absolute Gasteiger partial charge is 0.193 e. The van der Waals surface area contributed by atoms with Crippen molar-refractivity contribution in [3.8, 4) is 11.5 Å². The Morgan fingerprint density at radius 2 is 1.45 bits per heavy atom. The fraction of sp³-hybridized carbons (Fsp3) is 0.133. The Morgan fingerprint density at radius 3 is 2.05 bits per heavy atom. The normalized spacial score (nSPS) is 10.2. The molecule has 0 heterocycles. The molecule has 2 aromatic carbocycles. The van der Waals surface area contributed by atoms with Crippen LogP contribution in [0.1, 0.15) is 15.9 Å². The zero-order chi connectivity index (χ0) is 14.7. The number of ketones is 1. The lowest BCUT2D eigenvalue weighted by Crippen LogP contribution is -2.02. The van der Waals surface area contributed by atoms with E-state index in [1.165, 1.54) is 14.2 Å². The van der Waals surface area contributed by atoms with Crippen LogP contribution in [0.25, 0.3) is 0 Å². The number of halogens is 2. The number of benzene rings is 2. The number of carbonyl (C=O) groups excluding carboxylic acids is 1. The third-order valence-corrected chi connectivity index (χ3v) is 3.57. The number of carbonyl (C=O) groups is 1. The summed E-state index contributed by atoms with van der Waals surface area (Å²) in [6.07, 6.45) is 0. The van der Waals surface area contributed by atoms with Gasteiger partial charge in [0.15, 0.2) is 17.3 Å². The van der Waals surface area contributed by atoms with Gasteiger partial charge in [0.05, 0.1) is 24.3 Å². The summed E-state index contributed by atoms with van der Waals surface area (Å²) < 4.78 is 10.3. The zero-order valence-electron chi connectivity index (χ0n) is 10.9. The maximum Gasteiger partial charge on any atom is 0.193 e. The van der Waals surface area contributed by atoms with E-state index in [-0.39, 0.29) is 5.78 Å². The molecule has 0 unspecified atom stereocenters. The van der Waals surface area contributed by atoms with Crippen molar-refractivity contribution in [3.05, 3.63) is 57.6 Å². The van der Waals surface area contributed by atoms with Crippen molar-refractivity contribution >= 4 is 29.0 Å². The molecule has 0 aliphatic carbocycles. The van der Waals surface area contributed by atoms with Gasteiger partial charge >= 0.3 is 0 Å². The van der Waals surface area contributed by atoms with Gasteiger partial charge in [0.25, 0.3) is 0 Å². The van der Waals surface area contributed by atoms with E-state index in [0.29, 0.717) is 32.7 Å². The minimum absolute atomic E-state index is 0.162. The summed E-state index contributed by atoms with van der Waals surface area (Å²) in [5.41, 5.74) is 0.952. The highest BCUT2D eigenvalue weighted by Gasteiger charge is 2.13. The van der Waals surface area contributed by atoms with E-state index in [9.17, 15) is 4.79 Å². The fourth-order valence-electron chi connectivity index (χ4n) is 1.78. The molecule has 0 aromatic heterocycles. The van der Waals surface area contributed by atoms with Crippen LogP contribution in [0.4, 0.5) is 0 Å². The Bertz CT molecular complexity index is 654. The predicted octanol–water partition coefficient (Wildman–Crippen LogP) is 4.24. The number of rotatable bonds is 4. The molecule has 0 saturated carbocycles. The monoisotopic (exact) mass is 310 g/mol. The van der Waals surface area contributed by atoms with Crippen LogP contribution >= 0.6 is 23.2 Å². The number of ether oxygens (including phenoxy) is 2. The molecule has 0 atom stereocenters. The Labute approximate surface area is 127 Å². The first kappa shape index (κ1) is 14.7. The van der Waals surface area contributed by atoms with Crippen molar-refractivity contribution in [2.45, 2.75) is 0 Å². The molecular formula is C15H12Cl2O3. The lowest BCUT2D eigenvalue weighted by atomic mass is 10.0. The molecular weight excluding hydrogens is 299 g/mol. The van der Waals surface area contributed by atoms with Crippen LogP contribution < -0.4 is 9.47 Å². The summed E-state index contributed by atoms with van der Waals surface area (Å²) in [7, 11) is 3.06. The van der Waals surface area contributed by atoms with Gasteiger partial charge in [-0.15, -0.1) is 0 Å². The SMILES string of the molecule is COc1ccc(C(=O)c2ccc(Cl)c(Cl)c2)cc1OC. The molecule has 0 fully saturated rings. The maximum atomic E-state index is 12.4. The molecule has 0 N–H and O–H groups in total. The van der Waals surface area contributed by atoms with E-state index in [2.05, 4.69) is 0 Å². The molecule has 104 valence electrons. The van der Waals surface area contributed by atoms with E-state index >= 15 is 0 Å². The van der Waals surface area contributed by atoms with Crippen LogP contribution in [-0.4, -0.2) is 20.0 Å². The Balaban J connectivity index is 2.40. The van der Waals surface area contributed by atoms with Gasteiger partial charge in [-0.2, -0.15) is 0 Å². The van der Waals surface area contributed by atoms with Crippen LogP contribution in [0.2, 0.25) is 10.0 Å². The lowest BCUT2D eigenvalue weighted by Gasteiger charge is -2.09. The van der Waals surface area contributed by atoms with Crippen molar-refractivity contribution < 1.29 is 14.3 Å². The average molecular weight is 311 g/mol. The fourth-order valence-corrected chi connectivity index (χ4v) is 2.08. The minimum Gasteiger partial charge on any atom is -0.493 e. The van der Waals surface area contributed by atoms with Gasteiger partial charge < -0.3 is 9.47 Å². The summed E-state index contributed by atoms with van der Waals surface area (Å²) in [5.74, 6) is 0.904. The van der Waals surface area contributed by atoms with Gasteiger partial charge in [-0.25, -0.2) is 0 Å². The van der Waals surface area contributed by atoms with Gasteiger partial charge in [-0.05, 0) is 36.4 Å². The van der Waals surface area contributed by atoms with Crippen LogP contribution in [0.5, 0.6) is 11.5 Å². The Kier molecular flexibility index (Phi) is 4.53. The minimum atomic E-state index is -0.162. The standard InChI is InChI=1S/C15H12Cl2O3/c1-19-13-6-4-10(8-14(13)20-2)15(18)9-3-5-11(16)12(17)7-9/h3-8H,1-2H3. The summed E-state index contributed by atoms with van der Waals surface area (Å²) in [5, 5.41) is 0.758. The highest BCUT2D eigenvalue weighted by atomic mass is 35.5. The second-order valence-electron chi connectivity index (χ2n) is 4.03. The quantitative estimate of drug-likeness (QED) is 0.792. The van der Waals surface area contributed by atoms with E-state index in [0.717, 1.165) is 0 Å². The largest absolute Gasteiger partial charge is 0.493 e. The van der Waals surface area contributed by atoms with Gasteiger partial charge in [-0.3, -0.25) is 4.79 Å². The molecule has 2 rings (SSSR count). The Hall–Kier alpha value is -1.71. The van der Waals surface area contributed by atoms with Crippen LogP contribution in [0.3, 0.4) is 0 Å². The van der Waals surface area contributed by atoms with E-state index in [1.807, 2.05) is 0 Å². The second kappa shape index (κ2) is 6.16. The van der Waals surface area contributed by atoms with Gasteiger partial charge in [0.1, 0.15) is 0 Å². The molecule has 2 aromatic rings. The first-order valence-electron chi connectivity index (χ1n) is 5.78. The molecule has 0 spiro atoms. The van der Waals surface area contributed by atoms with Crippen molar-refractivity contribution in [1.29, 1.82) is 0 Å². The van der Waals surface area contributed by atoms with Crippen molar-refractivity contribution in [2.24, 2.45) is 0 Å². The van der Waals surface area contributed by atoms with Crippen molar-refractivity contribution in [3.63, 3.8) is 0 Å². The average Bonchev–Trinajstić information content (AvgIpc) is 2.48. The molecule has 5 heteroatoms. The first-order valence-corrected chi connectivity index (χ1v) is 6.54. The molecule has 0 amide bonds. The molecule has 0 aliphatic heterocycles. The van der Waals surface area contributed by atoms with E-state index in [1.54, 1.807) is 36.4 Å². The molecule has 0 aliphatic rings. The lowest BCUT2D eigenvalue weighted by molar-refractivity contribution is 0.103. The van der Waals surface area contributed by atoms with Crippen LogP contribution in [0, 0.1) is 0 Å². The Morgan fingerprint density at radius 1 is 0.850 bits per heavy atom. The molecule has 3 nitrogen and oxygen atoms in total. The third-order valence-electron chi connectivity index (χ3n) is 2.83. The van der Waals surface area contributed by atoms with Crippen molar-refractivity contribution in [1.82, 2.24) is 0 Å². The van der Waals surface area contributed by atoms with Crippen molar-refractivity contribution in [2.75, 3.05) is 14.2 Å². The first-order chi connectivity index (χ1) is 9.56. The number of methoxy groups -OCH3 is 2. The number of hydrogen-bond acceptors (Lipinski definition) is 3. The zero-order valence-corrected chi connectivity index (χ0v) is 12.5. The molecule has 20 heavy (non-hydrogen) atoms. The van der Waals surface area contributed by atoms with Gasteiger partial charge in [0.2, 0.25) is 0 Å². The summed E-state index contributed by atoms with van der Waals surface area (Å²) in [6.45, 7) is 0. The summed E-state index contributed by atoms with van der Waals surface area (Å²) in [4.78, 5) is 12.4. The molecule has 0 bridgehead atoms. The van der Waals surface area contributed by atoms with Gasteiger partial charge in [-0.1, -0.05) is 23.2 Å². The van der Waals surface area contributed by atoms with E-state index < -0.39 is 0 Å². The summed E-state index contributed by atoms with van der Waals surface area (Å²) in [6, 6.07) is 9.76. The topological polar surface area (TPSA) is 35.5 Å². The summed E-state index contributed by atoms with van der Waals surface area (Å²) >= 11 is 11.8. The third kappa shape index (κ3) is 2.89. The van der Waals surface area contributed by atoms with Gasteiger partial charge in [0, 0.05) is 11.1 Å². The second-order valence-corrected chi connectivity index (χ2v) is 4.84. The highest BCUT2D eigenvalue weighted by molar-refractivity contribution is 6.42.